The van der Waals surface area contributed by atoms with Crippen molar-refractivity contribution < 1.29 is 9.66 Å². The van der Waals surface area contributed by atoms with Crippen LogP contribution in [0.25, 0.3) is 0 Å². The van der Waals surface area contributed by atoms with Gasteiger partial charge in [0.15, 0.2) is 0 Å². The molecule has 7 heteroatoms. The summed E-state index contributed by atoms with van der Waals surface area (Å²) in [6.45, 7) is 0. The standard InChI is InChI=1S/C7H6BrClN2O3/c1-14-7-4(10)2-3(8)5(9)6(7)11(12)13/h2H,10H2,1H3. The van der Waals surface area contributed by atoms with E-state index in [0.29, 0.717) is 4.47 Å². The zero-order valence-corrected chi connectivity index (χ0v) is 9.42. The molecule has 1 aromatic carbocycles. The summed E-state index contributed by atoms with van der Waals surface area (Å²) in [5, 5.41) is 10.6. The third kappa shape index (κ3) is 1.76. The van der Waals surface area contributed by atoms with Gasteiger partial charge in [0.1, 0.15) is 5.02 Å². The van der Waals surface area contributed by atoms with Crippen molar-refractivity contribution in [3.63, 3.8) is 0 Å². The van der Waals surface area contributed by atoms with E-state index in [9.17, 15) is 10.1 Å². The molecule has 0 fully saturated rings. The summed E-state index contributed by atoms with van der Waals surface area (Å²) in [6, 6.07) is 1.45. The van der Waals surface area contributed by atoms with Crippen molar-refractivity contribution in [3.05, 3.63) is 25.7 Å². The fourth-order valence-electron chi connectivity index (χ4n) is 0.993. The van der Waals surface area contributed by atoms with Crippen LogP contribution < -0.4 is 10.5 Å². The average Bonchev–Trinajstić information content (AvgIpc) is 2.10. The molecular formula is C7H6BrClN2O3. The molecule has 0 aliphatic rings. The molecule has 0 amide bonds. The van der Waals surface area contributed by atoms with E-state index in [2.05, 4.69) is 15.9 Å². The van der Waals surface area contributed by atoms with Gasteiger partial charge in [-0.15, -0.1) is 0 Å². The van der Waals surface area contributed by atoms with Gasteiger partial charge in [0.25, 0.3) is 0 Å². The molecule has 0 heterocycles. The van der Waals surface area contributed by atoms with Crippen LogP contribution in [0.1, 0.15) is 0 Å². The molecule has 0 bridgehead atoms. The van der Waals surface area contributed by atoms with Crippen molar-refractivity contribution in [3.8, 4) is 5.75 Å². The number of halogens is 2. The van der Waals surface area contributed by atoms with E-state index in [1.54, 1.807) is 0 Å². The van der Waals surface area contributed by atoms with Crippen LogP contribution in [0, 0.1) is 10.1 Å². The van der Waals surface area contributed by atoms with Gasteiger partial charge in [-0.05, 0) is 22.0 Å². The quantitative estimate of drug-likeness (QED) is 0.513. The van der Waals surface area contributed by atoms with Gasteiger partial charge >= 0.3 is 5.69 Å². The van der Waals surface area contributed by atoms with Crippen molar-refractivity contribution in [2.24, 2.45) is 0 Å². The van der Waals surface area contributed by atoms with Gasteiger partial charge in [-0.2, -0.15) is 0 Å². The van der Waals surface area contributed by atoms with Crippen molar-refractivity contribution in [2.75, 3.05) is 12.8 Å². The topological polar surface area (TPSA) is 78.4 Å². The highest BCUT2D eigenvalue weighted by Crippen LogP contribution is 2.43. The van der Waals surface area contributed by atoms with E-state index in [1.807, 2.05) is 0 Å². The first-order valence-electron chi connectivity index (χ1n) is 3.45. The minimum absolute atomic E-state index is 0.0248. The Morgan fingerprint density at radius 2 is 2.29 bits per heavy atom. The molecule has 5 nitrogen and oxygen atoms in total. The number of rotatable bonds is 2. The highest BCUT2D eigenvalue weighted by atomic mass is 79.9. The maximum absolute atomic E-state index is 10.7. The molecule has 14 heavy (non-hydrogen) atoms. The molecule has 1 rings (SSSR count). The summed E-state index contributed by atoms with van der Waals surface area (Å²) >= 11 is 8.78. The molecule has 0 spiro atoms. The zero-order chi connectivity index (χ0) is 10.9. The number of nitrogens with zero attached hydrogens (tertiary/aromatic N) is 1. The van der Waals surface area contributed by atoms with Crippen molar-refractivity contribution >= 4 is 38.9 Å². The Kier molecular flexibility index (Phi) is 3.17. The number of nitro benzene ring substituents is 1. The molecule has 76 valence electrons. The van der Waals surface area contributed by atoms with E-state index < -0.39 is 4.92 Å². The second kappa shape index (κ2) is 4.02. The maximum Gasteiger partial charge on any atom is 0.332 e. The third-order valence-electron chi connectivity index (χ3n) is 1.56. The number of ether oxygens (including phenoxy) is 1. The lowest BCUT2D eigenvalue weighted by molar-refractivity contribution is -0.385. The smallest absolute Gasteiger partial charge is 0.332 e. The number of hydrogen-bond acceptors (Lipinski definition) is 4. The summed E-state index contributed by atoms with van der Waals surface area (Å²) in [7, 11) is 1.29. The normalized spacial score (nSPS) is 9.93. The van der Waals surface area contributed by atoms with Gasteiger partial charge in [-0.3, -0.25) is 10.1 Å². The van der Waals surface area contributed by atoms with Crippen LogP contribution in [0.3, 0.4) is 0 Å². The van der Waals surface area contributed by atoms with Gasteiger partial charge in [0, 0.05) is 4.47 Å². The largest absolute Gasteiger partial charge is 0.489 e. The minimum Gasteiger partial charge on any atom is -0.489 e. The lowest BCUT2D eigenvalue weighted by Gasteiger charge is -2.07. The summed E-state index contributed by atoms with van der Waals surface area (Å²) in [5.41, 5.74) is 5.35. The molecule has 0 unspecified atom stereocenters. The summed E-state index contributed by atoms with van der Waals surface area (Å²) in [4.78, 5) is 10.0. The summed E-state index contributed by atoms with van der Waals surface area (Å²) in [6.07, 6.45) is 0. The SMILES string of the molecule is COc1c(N)cc(Br)c(Cl)c1[N+](=O)[O-]. The number of hydrogen-bond donors (Lipinski definition) is 1. The first-order chi connectivity index (χ1) is 6.49. The predicted molar refractivity (Wildman–Crippen MR) is 56.8 cm³/mol. The van der Waals surface area contributed by atoms with E-state index >= 15 is 0 Å². The monoisotopic (exact) mass is 280 g/mol. The molecule has 0 aromatic heterocycles. The lowest BCUT2D eigenvalue weighted by atomic mass is 10.2. The molecule has 2 N–H and O–H groups in total. The van der Waals surface area contributed by atoms with Crippen LogP contribution in [-0.4, -0.2) is 12.0 Å². The van der Waals surface area contributed by atoms with E-state index in [1.165, 1.54) is 13.2 Å². The fourth-order valence-corrected chi connectivity index (χ4v) is 1.64. The van der Waals surface area contributed by atoms with Crippen molar-refractivity contribution in [1.29, 1.82) is 0 Å². The Morgan fingerprint density at radius 1 is 1.71 bits per heavy atom. The Bertz CT molecular complexity index is 397. The van der Waals surface area contributed by atoms with Crippen LogP contribution in [-0.2, 0) is 0 Å². The number of anilines is 1. The van der Waals surface area contributed by atoms with Gasteiger partial charge in [-0.1, -0.05) is 11.6 Å². The fraction of sp³-hybridized carbons (Fsp3) is 0.143. The number of benzene rings is 1. The van der Waals surface area contributed by atoms with Gasteiger partial charge in [0.05, 0.1) is 17.7 Å². The first-order valence-corrected chi connectivity index (χ1v) is 4.62. The number of nitro groups is 1. The van der Waals surface area contributed by atoms with Gasteiger partial charge in [0.2, 0.25) is 5.75 Å². The second-order valence-electron chi connectivity index (χ2n) is 2.40. The Labute approximate surface area is 93.1 Å². The first kappa shape index (κ1) is 11.1. The molecule has 0 saturated heterocycles. The Morgan fingerprint density at radius 3 is 2.71 bits per heavy atom. The van der Waals surface area contributed by atoms with E-state index in [4.69, 9.17) is 22.1 Å². The molecule has 0 radical (unpaired) electrons. The molecule has 0 saturated carbocycles. The van der Waals surface area contributed by atoms with Crippen LogP contribution in [0.5, 0.6) is 5.75 Å². The highest BCUT2D eigenvalue weighted by Gasteiger charge is 2.24. The summed E-state index contributed by atoms with van der Waals surface area (Å²) < 4.78 is 5.17. The maximum atomic E-state index is 10.7. The minimum atomic E-state index is -0.637. The van der Waals surface area contributed by atoms with Gasteiger partial charge < -0.3 is 10.5 Å². The Balaban J connectivity index is 3.56. The molecule has 1 aromatic rings. The number of nitrogen functional groups attached to an aromatic ring is 1. The lowest BCUT2D eigenvalue weighted by Crippen LogP contribution is -1.99. The van der Waals surface area contributed by atoms with E-state index in [0.717, 1.165) is 0 Å². The molecule has 0 aliphatic carbocycles. The Hall–Kier alpha value is -1.01. The number of nitrogens with two attached hydrogens (primary N) is 1. The van der Waals surface area contributed by atoms with Crippen LogP contribution in [0.4, 0.5) is 11.4 Å². The molecule has 0 aliphatic heterocycles. The highest BCUT2D eigenvalue weighted by molar-refractivity contribution is 9.10. The molecular weight excluding hydrogens is 275 g/mol. The van der Waals surface area contributed by atoms with Crippen molar-refractivity contribution in [2.45, 2.75) is 0 Å². The third-order valence-corrected chi connectivity index (χ3v) is 2.80. The molecule has 0 atom stereocenters. The number of methoxy groups -OCH3 is 1. The van der Waals surface area contributed by atoms with Crippen LogP contribution in [0.15, 0.2) is 10.5 Å². The predicted octanol–water partition coefficient (Wildman–Crippen LogP) is 2.60. The van der Waals surface area contributed by atoms with Crippen LogP contribution >= 0.6 is 27.5 Å². The zero-order valence-electron chi connectivity index (χ0n) is 7.08. The average molecular weight is 281 g/mol. The van der Waals surface area contributed by atoms with E-state index in [-0.39, 0.29) is 22.1 Å². The van der Waals surface area contributed by atoms with Crippen LogP contribution in [0.2, 0.25) is 5.02 Å². The second-order valence-corrected chi connectivity index (χ2v) is 3.63. The van der Waals surface area contributed by atoms with Gasteiger partial charge in [-0.25, -0.2) is 0 Å². The summed E-state index contributed by atoms with van der Waals surface area (Å²) in [5.74, 6) is -0.0248. The van der Waals surface area contributed by atoms with Crippen molar-refractivity contribution in [1.82, 2.24) is 0 Å².